The molecule has 1 heterocycles. The Balaban J connectivity index is 1.74. The molecule has 140 valence electrons. The van der Waals surface area contributed by atoms with E-state index in [-0.39, 0.29) is 11.8 Å². The van der Waals surface area contributed by atoms with Crippen LogP contribution in [0.3, 0.4) is 0 Å². The molecule has 6 heteroatoms. The average molecular weight is 365 g/mol. The van der Waals surface area contributed by atoms with Crippen LogP contribution in [0.1, 0.15) is 31.8 Å². The van der Waals surface area contributed by atoms with Crippen LogP contribution in [0.15, 0.2) is 42.5 Å². The summed E-state index contributed by atoms with van der Waals surface area (Å²) >= 11 is 0. The van der Waals surface area contributed by atoms with Gasteiger partial charge in [-0.1, -0.05) is 24.3 Å². The monoisotopic (exact) mass is 365 g/mol. The van der Waals surface area contributed by atoms with E-state index in [1.54, 1.807) is 34.1 Å². The van der Waals surface area contributed by atoms with Crippen LogP contribution in [0.4, 0.5) is 5.69 Å². The summed E-state index contributed by atoms with van der Waals surface area (Å²) in [6, 6.07) is 12.6. The third-order valence-electron chi connectivity index (χ3n) is 4.84. The van der Waals surface area contributed by atoms with Gasteiger partial charge in [0.2, 0.25) is 6.41 Å². The molecule has 0 spiro atoms. The van der Waals surface area contributed by atoms with Crippen LogP contribution >= 0.6 is 0 Å². The molecule has 0 radical (unpaired) electrons. The highest BCUT2D eigenvalue weighted by molar-refractivity contribution is 6.06. The number of hydrogen-bond donors (Lipinski definition) is 1. The number of nitrogens with zero attached hydrogens (tertiary/aromatic N) is 2. The van der Waals surface area contributed by atoms with Gasteiger partial charge in [0.25, 0.3) is 11.8 Å². The molecular weight excluding hydrogens is 342 g/mol. The lowest BCUT2D eigenvalue weighted by Crippen LogP contribution is -2.48. The molecule has 3 amide bonds. The van der Waals surface area contributed by atoms with E-state index in [9.17, 15) is 14.4 Å². The van der Waals surface area contributed by atoms with Gasteiger partial charge in [-0.15, -0.1) is 0 Å². The maximum absolute atomic E-state index is 12.7. The third-order valence-corrected chi connectivity index (χ3v) is 4.84. The van der Waals surface area contributed by atoms with E-state index in [4.69, 9.17) is 0 Å². The Kier molecular flexibility index (Phi) is 5.54. The fraction of sp³-hybridized carbons (Fsp3) is 0.286. The van der Waals surface area contributed by atoms with Crippen LogP contribution in [0, 0.1) is 13.8 Å². The summed E-state index contributed by atoms with van der Waals surface area (Å²) in [5.74, 6) is -0.366. The molecule has 0 unspecified atom stereocenters. The van der Waals surface area contributed by atoms with Crippen molar-refractivity contribution < 1.29 is 14.4 Å². The van der Waals surface area contributed by atoms with E-state index in [0.717, 1.165) is 23.2 Å². The van der Waals surface area contributed by atoms with Gasteiger partial charge in [0, 0.05) is 43.0 Å². The van der Waals surface area contributed by atoms with Gasteiger partial charge >= 0.3 is 0 Å². The highest BCUT2D eigenvalue weighted by Crippen LogP contribution is 2.20. The number of carbonyl (C=O) groups is 3. The molecule has 0 atom stereocenters. The molecular formula is C21H23N3O3. The predicted molar refractivity (Wildman–Crippen MR) is 104 cm³/mol. The lowest BCUT2D eigenvalue weighted by atomic mass is 10.1. The first kappa shape index (κ1) is 18.6. The molecule has 1 aliphatic rings. The van der Waals surface area contributed by atoms with Crippen molar-refractivity contribution in [3.63, 3.8) is 0 Å². The third kappa shape index (κ3) is 4.16. The summed E-state index contributed by atoms with van der Waals surface area (Å²) in [6.07, 6.45) is 0.806. The minimum Gasteiger partial charge on any atom is -0.342 e. The lowest BCUT2D eigenvalue weighted by Gasteiger charge is -2.32. The zero-order chi connectivity index (χ0) is 19.4. The number of rotatable bonds is 4. The zero-order valence-electron chi connectivity index (χ0n) is 15.6. The Hall–Kier alpha value is -3.15. The van der Waals surface area contributed by atoms with Crippen molar-refractivity contribution in [1.82, 2.24) is 9.80 Å². The van der Waals surface area contributed by atoms with E-state index in [1.165, 1.54) is 0 Å². The van der Waals surface area contributed by atoms with E-state index >= 15 is 0 Å². The molecule has 0 aromatic heterocycles. The normalized spacial score (nSPS) is 14.0. The van der Waals surface area contributed by atoms with Crippen LogP contribution in [0.2, 0.25) is 0 Å². The van der Waals surface area contributed by atoms with Gasteiger partial charge in [0.05, 0.1) is 0 Å². The van der Waals surface area contributed by atoms with Crippen molar-refractivity contribution >= 4 is 23.9 Å². The van der Waals surface area contributed by atoms with E-state index in [1.807, 2.05) is 32.0 Å². The molecule has 1 aliphatic heterocycles. The maximum Gasteiger partial charge on any atom is 0.255 e. The molecule has 0 bridgehead atoms. The molecule has 0 saturated carbocycles. The van der Waals surface area contributed by atoms with E-state index < -0.39 is 0 Å². The molecule has 6 nitrogen and oxygen atoms in total. The van der Waals surface area contributed by atoms with Gasteiger partial charge in [-0.25, -0.2) is 0 Å². The van der Waals surface area contributed by atoms with Crippen molar-refractivity contribution in [3.8, 4) is 0 Å². The topological polar surface area (TPSA) is 69.7 Å². The van der Waals surface area contributed by atoms with Crippen LogP contribution in [-0.2, 0) is 4.79 Å². The van der Waals surface area contributed by atoms with Crippen molar-refractivity contribution in [1.29, 1.82) is 0 Å². The fourth-order valence-electron chi connectivity index (χ4n) is 3.20. The minimum absolute atomic E-state index is 0.123. The van der Waals surface area contributed by atoms with Crippen molar-refractivity contribution in [3.05, 3.63) is 64.7 Å². The summed E-state index contributed by atoms with van der Waals surface area (Å²) in [4.78, 5) is 39.6. The van der Waals surface area contributed by atoms with Gasteiger partial charge in [-0.05, 0) is 43.2 Å². The molecule has 27 heavy (non-hydrogen) atoms. The highest BCUT2D eigenvalue weighted by Gasteiger charge is 2.22. The van der Waals surface area contributed by atoms with Crippen LogP contribution in [-0.4, -0.2) is 54.2 Å². The number of anilines is 1. The summed E-state index contributed by atoms with van der Waals surface area (Å²) in [5, 5.41) is 2.94. The first-order valence-electron chi connectivity index (χ1n) is 8.96. The SMILES string of the molecule is Cc1cccc(C)c1NC(=O)c1cccc(C(=O)N2CCN(C=O)CC2)c1. The minimum atomic E-state index is -0.243. The largest absolute Gasteiger partial charge is 0.342 e. The Morgan fingerprint density at radius 1 is 0.926 bits per heavy atom. The van der Waals surface area contributed by atoms with Gasteiger partial charge < -0.3 is 15.1 Å². The maximum atomic E-state index is 12.7. The number of piperazine rings is 1. The Morgan fingerprint density at radius 2 is 1.52 bits per heavy atom. The van der Waals surface area contributed by atoms with Gasteiger partial charge in [0.15, 0.2) is 0 Å². The van der Waals surface area contributed by atoms with Crippen molar-refractivity contribution in [2.45, 2.75) is 13.8 Å². The number of para-hydroxylation sites is 1. The molecule has 0 aliphatic carbocycles. The lowest BCUT2D eigenvalue weighted by molar-refractivity contribution is -0.119. The summed E-state index contributed by atoms with van der Waals surface area (Å²) in [6.45, 7) is 5.94. The van der Waals surface area contributed by atoms with E-state index in [2.05, 4.69) is 5.32 Å². The number of hydrogen-bond acceptors (Lipinski definition) is 3. The van der Waals surface area contributed by atoms with Crippen LogP contribution in [0.25, 0.3) is 0 Å². The molecule has 2 aromatic rings. The quantitative estimate of drug-likeness (QED) is 0.846. The highest BCUT2D eigenvalue weighted by atomic mass is 16.2. The molecule has 1 saturated heterocycles. The van der Waals surface area contributed by atoms with Crippen LogP contribution < -0.4 is 5.32 Å². The molecule has 1 fully saturated rings. The number of nitrogens with one attached hydrogen (secondary N) is 1. The average Bonchev–Trinajstić information content (AvgIpc) is 2.70. The van der Waals surface area contributed by atoms with Crippen LogP contribution in [0.5, 0.6) is 0 Å². The smallest absolute Gasteiger partial charge is 0.255 e. The first-order valence-corrected chi connectivity index (χ1v) is 8.96. The Labute approximate surface area is 158 Å². The summed E-state index contributed by atoms with van der Waals surface area (Å²) in [7, 11) is 0. The summed E-state index contributed by atoms with van der Waals surface area (Å²) < 4.78 is 0. The van der Waals surface area contributed by atoms with Gasteiger partial charge in [-0.2, -0.15) is 0 Å². The second-order valence-corrected chi connectivity index (χ2v) is 6.74. The first-order chi connectivity index (χ1) is 13.0. The predicted octanol–water partition coefficient (Wildman–Crippen LogP) is 2.47. The number of carbonyl (C=O) groups excluding carboxylic acids is 3. The summed E-state index contributed by atoms with van der Waals surface area (Å²) in [5.41, 5.74) is 3.69. The number of benzene rings is 2. The number of aryl methyl sites for hydroxylation is 2. The number of amides is 3. The van der Waals surface area contributed by atoms with Crippen molar-refractivity contribution in [2.24, 2.45) is 0 Å². The Bertz CT molecular complexity index is 850. The fourth-order valence-corrected chi connectivity index (χ4v) is 3.20. The Morgan fingerprint density at radius 3 is 2.15 bits per heavy atom. The van der Waals surface area contributed by atoms with Gasteiger partial charge in [-0.3, -0.25) is 14.4 Å². The molecule has 3 rings (SSSR count). The standard InChI is InChI=1S/C21H23N3O3/c1-15-5-3-6-16(2)19(15)22-20(26)17-7-4-8-18(13-17)21(27)24-11-9-23(14-25)10-12-24/h3-8,13-14H,9-12H2,1-2H3,(H,22,26). The van der Waals surface area contributed by atoms with Gasteiger partial charge in [0.1, 0.15) is 0 Å². The second kappa shape index (κ2) is 8.03. The van der Waals surface area contributed by atoms with Crippen molar-refractivity contribution in [2.75, 3.05) is 31.5 Å². The molecule has 1 N–H and O–H groups in total. The zero-order valence-corrected chi connectivity index (χ0v) is 15.6. The van der Waals surface area contributed by atoms with E-state index in [0.29, 0.717) is 37.3 Å². The molecule has 2 aromatic carbocycles. The second-order valence-electron chi connectivity index (χ2n) is 6.74.